The standard InChI is InChI=1S/C13H24N2O2/c1-14(2)13(16)12-7-5-8-15(12)10-11-6-3-4-9-17-11/h11-12H,3-10H2,1-2H3. The summed E-state index contributed by atoms with van der Waals surface area (Å²) < 4.78 is 5.76. The van der Waals surface area contributed by atoms with Gasteiger partial charge in [-0.1, -0.05) is 0 Å². The number of likely N-dealkylation sites (N-methyl/N-ethyl adjacent to an activating group) is 1. The minimum atomic E-state index is 0.0931. The monoisotopic (exact) mass is 240 g/mol. The predicted molar refractivity (Wildman–Crippen MR) is 66.9 cm³/mol. The Hall–Kier alpha value is -0.610. The Balaban J connectivity index is 1.88. The van der Waals surface area contributed by atoms with Crippen LogP contribution in [0.1, 0.15) is 32.1 Å². The van der Waals surface area contributed by atoms with E-state index in [1.165, 1.54) is 12.8 Å². The second-order valence-corrected chi connectivity index (χ2v) is 5.37. The topological polar surface area (TPSA) is 32.8 Å². The van der Waals surface area contributed by atoms with E-state index in [4.69, 9.17) is 4.74 Å². The molecule has 0 aromatic carbocycles. The van der Waals surface area contributed by atoms with Gasteiger partial charge in [0, 0.05) is 27.2 Å². The summed E-state index contributed by atoms with van der Waals surface area (Å²) in [6, 6.07) is 0.0931. The van der Waals surface area contributed by atoms with Gasteiger partial charge in [-0.25, -0.2) is 0 Å². The molecule has 2 unspecified atom stereocenters. The lowest BCUT2D eigenvalue weighted by Crippen LogP contribution is -2.46. The number of ether oxygens (including phenoxy) is 1. The molecule has 0 N–H and O–H groups in total. The molecule has 2 heterocycles. The number of nitrogens with zero attached hydrogens (tertiary/aromatic N) is 2. The van der Waals surface area contributed by atoms with Crippen LogP contribution >= 0.6 is 0 Å². The number of carbonyl (C=O) groups excluding carboxylic acids is 1. The van der Waals surface area contributed by atoms with E-state index in [0.29, 0.717) is 6.10 Å². The van der Waals surface area contributed by atoms with Gasteiger partial charge < -0.3 is 9.64 Å². The molecule has 0 aromatic heterocycles. The third-order valence-corrected chi connectivity index (χ3v) is 3.80. The number of likely N-dealkylation sites (tertiary alicyclic amines) is 1. The van der Waals surface area contributed by atoms with E-state index < -0.39 is 0 Å². The van der Waals surface area contributed by atoms with Crippen LogP contribution in [0.25, 0.3) is 0 Å². The summed E-state index contributed by atoms with van der Waals surface area (Å²) in [4.78, 5) is 16.1. The molecular formula is C13H24N2O2. The van der Waals surface area contributed by atoms with Crippen LogP contribution in [0.15, 0.2) is 0 Å². The average Bonchev–Trinajstić information content (AvgIpc) is 2.77. The number of hydrogen-bond donors (Lipinski definition) is 0. The van der Waals surface area contributed by atoms with Gasteiger partial charge in [0.15, 0.2) is 0 Å². The fraction of sp³-hybridized carbons (Fsp3) is 0.923. The van der Waals surface area contributed by atoms with Gasteiger partial charge in [-0.15, -0.1) is 0 Å². The molecule has 2 aliphatic rings. The van der Waals surface area contributed by atoms with Crippen molar-refractivity contribution in [2.24, 2.45) is 0 Å². The maximum atomic E-state index is 12.0. The zero-order chi connectivity index (χ0) is 12.3. The molecule has 2 rings (SSSR count). The van der Waals surface area contributed by atoms with Gasteiger partial charge in [0.1, 0.15) is 0 Å². The molecule has 0 aliphatic carbocycles. The van der Waals surface area contributed by atoms with Crippen molar-refractivity contribution in [1.82, 2.24) is 9.80 Å². The molecule has 98 valence electrons. The normalized spacial score (nSPS) is 30.5. The summed E-state index contributed by atoms with van der Waals surface area (Å²) >= 11 is 0. The molecule has 0 aromatic rings. The Morgan fingerprint density at radius 3 is 2.76 bits per heavy atom. The molecule has 2 aliphatic heterocycles. The van der Waals surface area contributed by atoms with Gasteiger partial charge >= 0.3 is 0 Å². The lowest BCUT2D eigenvalue weighted by Gasteiger charge is -2.31. The van der Waals surface area contributed by atoms with Crippen LogP contribution in [0.4, 0.5) is 0 Å². The predicted octanol–water partition coefficient (Wildman–Crippen LogP) is 1.11. The van der Waals surface area contributed by atoms with Crippen LogP contribution in [0.2, 0.25) is 0 Å². The van der Waals surface area contributed by atoms with E-state index in [2.05, 4.69) is 4.90 Å². The second kappa shape index (κ2) is 5.83. The summed E-state index contributed by atoms with van der Waals surface area (Å²) in [5.74, 6) is 0.248. The zero-order valence-corrected chi connectivity index (χ0v) is 11.0. The van der Waals surface area contributed by atoms with Crippen molar-refractivity contribution < 1.29 is 9.53 Å². The largest absolute Gasteiger partial charge is 0.377 e. The molecule has 0 spiro atoms. The first-order chi connectivity index (χ1) is 8.18. The van der Waals surface area contributed by atoms with Gasteiger partial charge in [-0.05, 0) is 38.6 Å². The molecular weight excluding hydrogens is 216 g/mol. The summed E-state index contributed by atoms with van der Waals surface area (Å²) in [6.07, 6.45) is 6.10. The van der Waals surface area contributed by atoms with Crippen molar-refractivity contribution in [3.05, 3.63) is 0 Å². The Bertz CT molecular complexity index is 262. The van der Waals surface area contributed by atoms with Gasteiger partial charge in [0.25, 0.3) is 0 Å². The van der Waals surface area contributed by atoms with E-state index >= 15 is 0 Å². The highest BCUT2D eigenvalue weighted by Gasteiger charge is 2.33. The van der Waals surface area contributed by atoms with Crippen LogP contribution in [0.3, 0.4) is 0 Å². The highest BCUT2D eigenvalue weighted by atomic mass is 16.5. The van der Waals surface area contributed by atoms with Gasteiger partial charge in [-0.3, -0.25) is 9.69 Å². The number of carbonyl (C=O) groups is 1. The Morgan fingerprint density at radius 1 is 1.29 bits per heavy atom. The highest BCUT2D eigenvalue weighted by Crippen LogP contribution is 2.22. The third kappa shape index (κ3) is 3.19. The van der Waals surface area contributed by atoms with Crippen molar-refractivity contribution in [3.8, 4) is 0 Å². The number of amides is 1. The van der Waals surface area contributed by atoms with Crippen molar-refractivity contribution in [1.29, 1.82) is 0 Å². The summed E-state index contributed by atoms with van der Waals surface area (Å²) in [6.45, 7) is 2.87. The lowest BCUT2D eigenvalue weighted by atomic mass is 10.1. The molecule has 0 bridgehead atoms. The van der Waals surface area contributed by atoms with Crippen molar-refractivity contribution in [2.75, 3.05) is 33.8 Å². The minimum absolute atomic E-state index is 0.0931. The van der Waals surface area contributed by atoms with Crippen molar-refractivity contribution >= 4 is 5.91 Å². The third-order valence-electron chi connectivity index (χ3n) is 3.80. The highest BCUT2D eigenvalue weighted by molar-refractivity contribution is 5.81. The molecule has 0 radical (unpaired) electrons. The first-order valence-electron chi connectivity index (χ1n) is 6.75. The molecule has 1 amide bonds. The first kappa shape index (κ1) is 12.8. The molecule has 2 atom stereocenters. The summed E-state index contributed by atoms with van der Waals surface area (Å²) in [5, 5.41) is 0. The van der Waals surface area contributed by atoms with E-state index in [1.807, 2.05) is 14.1 Å². The van der Waals surface area contributed by atoms with Crippen LogP contribution in [-0.4, -0.2) is 61.6 Å². The van der Waals surface area contributed by atoms with E-state index in [9.17, 15) is 4.79 Å². The molecule has 0 saturated carbocycles. The Kier molecular flexibility index (Phi) is 4.40. The van der Waals surface area contributed by atoms with E-state index in [-0.39, 0.29) is 11.9 Å². The fourth-order valence-electron chi connectivity index (χ4n) is 2.84. The van der Waals surface area contributed by atoms with E-state index in [0.717, 1.165) is 39.0 Å². The minimum Gasteiger partial charge on any atom is -0.377 e. The quantitative estimate of drug-likeness (QED) is 0.741. The fourth-order valence-corrected chi connectivity index (χ4v) is 2.84. The molecule has 4 heteroatoms. The molecule has 4 nitrogen and oxygen atoms in total. The Morgan fingerprint density at radius 2 is 2.12 bits per heavy atom. The van der Waals surface area contributed by atoms with Crippen LogP contribution in [0, 0.1) is 0 Å². The average molecular weight is 240 g/mol. The molecule has 2 fully saturated rings. The number of hydrogen-bond acceptors (Lipinski definition) is 3. The lowest BCUT2D eigenvalue weighted by molar-refractivity contribution is -0.134. The van der Waals surface area contributed by atoms with Gasteiger partial charge in [0.2, 0.25) is 5.91 Å². The summed E-state index contributed by atoms with van der Waals surface area (Å²) in [7, 11) is 3.69. The number of rotatable bonds is 3. The van der Waals surface area contributed by atoms with Crippen LogP contribution in [-0.2, 0) is 9.53 Å². The van der Waals surface area contributed by atoms with E-state index in [1.54, 1.807) is 4.90 Å². The van der Waals surface area contributed by atoms with Crippen molar-refractivity contribution in [2.45, 2.75) is 44.2 Å². The SMILES string of the molecule is CN(C)C(=O)C1CCCN1CC1CCCCO1. The van der Waals surface area contributed by atoms with Gasteiger partial charge in [0.05, 0.1) is 12.1 Å². The van der Waals surface area contributed by atoms with Crippen LogP contribution in [0.5, 0.6) is 0 Å². The smallest absolute Gasteiger partial charge is 0.239 e. The zero-order valence-electron chi connectivity index (χ0n) is 11.0. The second-order valence-electron chi connectivity index (χ2n) is 5.37. The molecule has 2 saturated heterocycles. The maximum absolute atomic E-state index is 12.0. The first-order valence-corrected chi connectivity index (χ1v) is 6.75. The van der Waals surface area contributed by atoms with Gasteiger partial charge in [-0.2, -0.15) is 0 Å². The maximum Gasteiger partial charge on any atom is 0.239 e. The van der Waals surface area contributed by atoms with Crippen molar-refractivity contribution in [3.63, 3.8) is 0 Å². The Labute approximate surface area is 104 Å². The van der Waals surface area contributed by atoms with Crippen LogP contribution < -0.4 is 0 Å². The molecule has 17 heavy (non-hydrogen) atoms. The summed E-state index contributed by atoms with van der Waals surface area (Å²) in [5.41, 5.74) is 0.